The highest BCUT2D eigenvalue weighted by molar-refractivity contribution is 5.66. The first-order valence-electron chi connectivity index (χ1n) is 9.52. The van der Waals surface area contributed by atoms with E-state index in [4.69, 9.17) is 9.97 Å². The van der Waals surface area contributed by atoms with Crippen LogP contribution in [-0.4, -0.2) is 23.1 Å². The van der Waals surface area contributed by atoms with E-state index in [0.717, 1.165) is 30.5 Å². The number of benzene rings is 1. The molecule has 1 aliphatic rings. The van der Waals surface area contributed by atoms with Crippen molar-refractivity contribution in [3.05, 3.63) is 41.1 Å². The molecule has 0 bridgehead atoms. The molecule has 0 spiro atoms. The number of nitrogens with zero attached hydrogens (tertiary/aromatic N) is 3. The van der Waals surface area contributed by atoms with Gasteiger partial charge in [0.25, 0.3) is 0 Å². The zero-order valence-corrected chi connectivity index (χ0v) is 16.0. The third kappa shape index (κ3) is 4.30. The highest BCUT2D eigenvalue weighted by Gasteiger charge is 2.15. The fraction of sp³-hybridized carbons (Fsp3) is 0.524. The summed E-state index contributed by atoms with van der Waals surface area (Å²) < 4.78 is 0. The molecule has 4 heteroatoms. The summed E-state index contributed by atoms with van der Waals surface area (Å²) in [5, 5.41) is 3.58. The van der Waals surface area contributed by atoms with Crippen LogP contribution in [0.4, 0.5) is 17.5 Å². The molecule has 25 heavy (non-hydrogen) atoms. The fourth-order valence-corrected chi connectivity index (χ4v) is 3.50. The Kier molecular flexibility index (Phi) is 5.57. The van der Waals surface area contributed by atoms with E-state index in [-0.39, 0.29) is 0 Å². The minimum atomic E-state index is 0.468. The minimum Gasteiger partial charge on any atom is -0.341 e. The van der Waals surface area contributed by atoms with Gasteiger partial charge in [-0.3, -0.25) is 0 Å². The molecule has 2 heterocycles. The third-order valence-corrected chi connectivity index (χ3v) is 4.91. The maximum absolute atomic E-state index is 4.84. The average molecular weight is 338 g/mol. The summed E-state index contributed by atoms with van der Waals surface area (Å²) in [6.07, 6.45) is 5.09. The van der Waals surface area contributed by atoms with Crippen molar-refractivity contribution in [2.24, 2.45) is 0 Å². The Bertz CT molecular complexity index is 716. The number of rotatable bonds is 4. The summed E-state index contributed by atoms with van der Waals surface area (Å²) in [6, 6.07) is 8.52. The zero-order valence-electron chi connectivity index (χ0n) is 16.0. The second-order valence-electron chi connectivity index (χ2n) is 7.41. The van der Waals surface area contributed by atoms with Crippen LogP contribution in [0.15, 0.2) is 24.3 Å². The monoisotopic (exact) mass is 338 g/mol. The number of hydrogen-bond donors (Lipinski definition) is 1. The lowest BCUT2D eigenvalue weighted by Gasteiger charge is -2.22. The van der Waals surface area contributed by atoms with Gasteiger partial charge in [0.2, 0.25) is 5.95 Å². The van der Waals surface area contributed by atoms with E-state index in [1.807, 2.05) is 6.07 Å². The van der Waals surface area contributed by atoms with Gasteiger partial charge in [-0.1, -0.05) is 44.9 Å². The first-order chi connectivity index (χ1) is 12.0. The number of aryl methyl sites for hydroxylation is 2. The van der Waals surface area contributed by atoms with E-state index < -0.39 is 0 Å². The van der Waals surface area contributed by atoms with Crippen LogP contribution in [0.2, 0.25) is 0 Å². The Hall–Kier alpha value is -2.10. The van der Waals surface area contributed by atoms with Gasteiger partial charge in [-0.15, -0.1) is 0 Å². The second kappa shape index (κ2) is 7.85. The van der Waals surface area contributed by atoms with Gasteiger partial charge >= 0.3 is 0 Å². The molecule has 0 amide bonds. The molecule has 0 saturated carbocycles. The quantitative estimate of drug-likeness (QED) is 0.817. The van der Waals surface area contributed by atoms with Crippen molar-refractivity contribution in [3.8, 4) is 0 Å². The molecule has 0 atom stereocenters. The van der Waals surface area contributed by atoms with Crippen molar-refractivity contribution in [3.63, 3.8) is 0 Å². The Morgan fingerprint density at radius 1 is 1.00 bits per heavy atom. The molecule has 2 aromatic rings. The van der Waals surface area contributed by atoms with Crippen molar-refractivity contribution >= 4 is 17.5 Å². The van der Waals surface area contributed by atoms with Gasteiger partial charge in [0.05, 0.1) is 0 Å². The molecular weight excluding hydrogens is 308 g/mol. The topological polar surface area (TPSA) is 41.1 Å². The Labute approximate surface area is 151 Å². The standard InChI is InChI=1S/C21H30N4/c1-15(2)18-11-9-10-16(3)20(18)23-19-14-17(4)22-21(24-19)25-12-7-5-6-8-13-25/h9-11,14-15H,5-8,12-13H2,1-4H3,(H,22,23,24). The number of anilines is 3. The summed E-state index contributed by atoms with van der Waals surface area (Å²) >= 11 is 0. The van der Waals surface area contributed by atoms with Gasteiger partial charge in [-0.05, 0) is 43.7 Å². The van der Waals surface area contributed by atoms with Gasteiger partial charge in [0.1, 0.15) is 5.82 Å². The second-order valence-corrected chi connectivity index (χ2v) is 7.41. The SMILES string of the molecule is Cc1cc(Nc2c(C)cccc2C(C)C)nc(N2CCCCCC2)n1. The smallest absolute Gasteiger partial charge is 0.227 e. The summed E-state index contributed by atoms with van der Waals surface area (Å²) in [5.41, 5.74) is 4.76. The van der Waals surface area contributed by atoms with Gasteiger partial charge in [0.15, 0.2) is 0 Å². The molecule has 1 fully saturated rings. The first kappa shape index (κ1) is 17.7. The van der Waals surface area contributed by atoms with Crippen LogP contribution < -0.4 is 10.2 Å². The van der Waals surface area contributed by atoms with Gasteiger partial charge in [-0.25, -0.2) is 4.98 Å². The number of nitrogens with one attached hydrogen (secondary N) is 1. The molecule has 1 aromatic heterocycles. The average Bonchev–Trinajstić information content (AvgIpc) is 2.85. The highest BCUT2D eigenvalue weighted by Crippen LogP contribution is 2.30. The van der Waals surface area contributed by atoms with E-state index in [1.165, 1.54) is 42.5 Å². The van der Waals surface area contributed by atoms with Crippen molar-refractivity contribution in [2.45, 2.75) is 59.3 Å². The van der Waals surface area contributed by atoms with Gasteiger partial charge in [-0.2, -0.15) is 4.98 Å². The fourth-order valence-electron chi connectivity index (χ4n) is 3.50. The predicted octanol–water partition coefficient (Wildman–Crippen LogP) is 5.34. The molecule has 0 radical (unpaired) electrons. The number of para-hydroxylation sites is 1. The summed E-state index contributed by atoms with van der Waals surface area (Å²) in [7, 11) is 0. The van der Waals surface area contributed by atoms with E-state index in [2.05, 4.69) is 56.1 Å². The van der Waals surface area contributed by atoms with Crippen LogP contribution in [0.5, 0.6) is 0 Å². The molecule has 0 unspecified atom stereocenters. The van der Waals surface area contributed by atoms with Crippen molar-refractivity contribution in [1.29, 1.82) is 0 Å². The Balaban J connectivity index is 1.91. The Morgan fingerprint density at radius 2 is 1.72 bits per heavy atom. The van der Waals surface area contributed by atoms with Crippen molar-refractivity contribution in [2.75, 3.05) is 23.3 Å². The van der Waals surface area contributed by atoms with Crippen LogP contribution in [0.3, 0.4) is 0 Å². The lowest BCUT2D eigenvalue weighted by molar-refractivity contribution is 0.726. The van der Waals surface area contributed by atoms with Crippen LogP contribution in [0, 0.1) is 13.8 Å². The van der Waals surface area contributed by atoms with Crippen molar-refractivity contribution in [1.82, 2.24) is 9.97 Å². The van der Waals surface area contributed by atoms with Gasteiger partial charge in [0, 0.05) is 30.5 Å². The van der Waals surface area contributed by atoms with Crippen LogP contribution in [0.25, 0.3) is 0 Å². The van der Waals surface area contributed by atoms with Gasteiger partial charge < -0.3 is 10.2 Å². The van der Waals surface area contributed by atoms with Crippen LogP contribution >= 0.6 is 0 Å². The molecule has 1 aromatic carbocycles. The molecule has 0 aliphatic carbocycles. The molecule has 3 rings (SSSR count). The summed E-state index contributed by atoms with van der Waals surface area (Å²) in [5.74, 6) is 2.22. The lowest BCUT2D eigenvalue weighted by Crippen LogP contribution is -2.26. The highest BCUT2D eigenvalue weighted by atomic mass is 15.3. The third-order valence-electron chi connectivity index (χ3n) is 4.91. The summed E-state index contributed by atoms with van der Waals surface area (Å²) in [6.45, 7) is 10.8. The Morgan fingerprint density at radius 3 is 2.40 bits per heavy atom. The normalized spacial score (nSPS) is 15.3. The maximum atomic E-state index is 4.84. The zero-order chi connectivity index (χ0) is 17.8. The lowest BCUT2D eigenvalue weighted by atomic mass is 9.98. The largest absolute Gasteiger partial charge is 0.341 e. The number of aromatic nitrogens is 2. The molecule has 1 N–H and O–H groups in total. The van der Waals surface area contributed by atoms with Crippen molar-refractivity contribution < 1.29 is 0 Å². The summed E-state index contributed by atoms with van der Waals surface area (Å²) in [4.78, 5) is 11.9. The molecule has 1 saturated heterocycles. The maximum Gasteiger partial charge on any atom is 0.227 e. The van der Waals surface area contributed by atoms with E-state index in [1.54, 1.807) is 0 Å². The first-order valence-corrected chi connectivity index (χ1v) is 9.52. The van der Waals surface area contributed by atoms with Crippen LogP contribution in [-0.2, 0) is 0 Å². The predicted molar refractivity (Wildman–Crippen MR) is 106 cm³/mol. The van der Waals surface area contributed by atoms with E-state index in [0.29, 0.717) is 5.92 Å². The van der Waals surface area contributed by atoms with Crippen LogP contribution in [0.1, 0.15) is 62.3 Å². The van der Waals surface area contributed by atoms with E-state index in [9.17, 15) is 0 Å². The minimum absolute atomic E-state index is 0.468. The van der Waals surface area contributed by atoms with E-state index >= 15 is 0 Å². The molecule has 1 aliphatic heterocycles. The molecular formula is C21H30N4. The number of hydrogen-bond acceptors (Lipinski definition) is 4. The molecule has 134 valence electrons. The molecule has 4 nitrogen and oxygen atoms in total.